The average molecular weight is 369 g/mol. The number of sulfone groups is 1. The second-order valence-electron chi connectivity index (χ2n) is 5.87. The minimum atomic E-state index is -3.22. The molecule has 4 rings (SSSR count). The molecule has 0 fully saturated rings. The largest absolute Gasteiger partial charge is 0.463 e. The fourth-order valence-electron chi connectivity index (χ4n) is 2.70. The van der Waals surface area contributed by atoms with Gasteiger partial charge in [0.15, 0.2) is 21.2 Å². The molecule has 0 saturated carbocycles. The summed E-state index contributed by atoms with van der Waals surface area (Å²) in [5, 5.41) is 0. The van der Waals surface area contributed by atoms with Crippen LogP contribution in [0.5, 0.6) is 0 Å². The van der Waals surface area contributed by atoms with Crippen molar-refractivity contribution < 1.29 is 12.8 Å². The Hall–Kier alpha value is -3.20. The van der Waals surface area contributed by atoms with Crippen molar-refractivity contribution in [2.75, 3.05) is 12.0 Å². The highest BCUT2D eigenvalue weighted by Gasteiger charge is 2.16. The summed E-state index contributed by atoms with van der Waals surface area (Å²) < 4.78 is 30.4. The number of nitrogen functional groups attached to an aromatic ring is 1. The van der Waals surface area contributed by atoms with Gasteiger partial charge in [0, 0.05) is 6.26 Å². The smallest absolute Gasteiger partial charge is 0.222 e. The molecule has 0 saturated heterocycles. The van der Waals surface area contributed by atoms with Crippen molar-refractivity contribution >= 4 is 26.9 Å². The van der Waals surface area contributed by atoms with Crippen molar-refractivity contribution in [3.8, 4) is 11.5 Å². The number of hydrogen-bond acceptors (Lipinski definition) is 7. The second-order valence-corrected chi connectivity index (χ2v) is 7.88. The van der Waals surface area contributed by atoms with Crippen molar-refractivity contribution in [1.82, 2.24) is 19.5 Å². The molecule has 0 bridgehead atoms. The van der Waals surface area contributed by atoms with Crippen molar-refractivity contribution in [2.45, 2.75) is 11.4 Å². The first-order valence-electron chi connectivity index (χ1n) is 7.73. The molecular weight excluding hydrogens is 354 g/mol. The van der Waals surface area contributed by atoms with Gasteiger partial charge in [0.1, 0.15) is 11.2 Å². The lowest BCUT2D eigenvalue weighted by atomic mass is 10.2. The zero-order valence-electron chi connectivity index (χ0n) is 13.8. The first kappa shape index (κ1) is 16.3. The molecule has 3 heterocycles. The van der Waals surface area contributed by atoms with Gasteiger partial charge in [-0.15, -0.1) is 0 Å². The molecule has 0 atom stereocenters. The molecule has 3 aromatic heterocycles. The first-order chi connectivity index (χ1) is 12.4. The van der Waals surface area contributed by atoms with Gasteiger partial charge in [-0.05, 0) is 29.8 Å². The predicted molar refractivity (Wildman–Crippen MR) is 96.1 cm³/mol. The quantitative estimate of drug-likeness (QED) is 0.585. The normalized spacial score (nSPS) is 11.9. The Kier molecular flexibility index (Phi) is 3.73. The Morgan fingerprint density at radius 1 is 1.15 bits per heavy atom. The maximum atomic E-state index is 11.6. The summed E-state index contributed by atoms with van der Waals surface area (Å²) in [6.07, 6.45) is 4.39. The van der Waals surface area contributed by atoms with Crippen LogP contribution in [0, 0.1) is 0 Å². The molecule has 9 heteroatoms. The fraction of sp³-hybridized carbons (Fsp3) is 0.118. The monoisotopic (exact) mass is 369 g/mol. The lowest BCUT2D eigenvalue weighted by Gasteiger charge is -2.06. The third-order valence-corrected chi connectivity index (χ3v) is 5.07. The highest BCUT2D eigenvalue weighted by Crippen LogP contribution is 2.26. The number of anilines is 1. The lowest BCUT2D eigenvalue weighted by molar-refractivity contribution is 0.580. The van der Waals surface area contributed by atoms with E-state index < -0.39 is 9.84 Å². The number of nitrogens with two attached hydrogens (primary N) is 1. The molecule has 0 spiro atoms. The van der Waals surface area contributed by atoms with Gasteiger partial charge in [-0.3, -0.25) is 0 Å². The average Bonchev–Trinajstić information content (AvgIpc) is 3.25. The van der Waals surface area contributed by atoms with Crippen LogP contribution in [-0.2, 0) is 16.4 Å². The molecule has 0 radical (unpaired) electrons. The molecular formula is C17H15N5O3S. The molecule has 2 N–H and O–H groups in total. The van der Waals surface area contributed by atoms with Crippen LogP contribution >= 0.6 is 0 Å². The Morgan fingerprint density at radius 3 is 2.58 bits per heavy atom. The fourth-order valence-corrected chi connectivity index (χ4v) is 3.33. The summed E-state index contributed by atoms with van der Waals surface area (Å²) in [6, 6.07) is 10.2. The van der Waals surface area contributed by atoms with Crippen LogP contribution in [0.25, 0.3) is 22.6 Å². The number of aromatic nitrogens is 4. The van der Waals surface area contributed by atoms with Crippen molar-refractivity contribution in [3.63, 3.8) is 0 Å². The number of hydrogen-bond donors (Lipinski definition) is 1. The maximum absolute atomic E-state index is 11.6. The van der Waals surface area contributed by atoms with Crippen LogP contribution in [0.15, 0.2) is 58.3 Å². The summed E-state index contributed by atoms with van der Waals surface area (Å²) >= 11 is 0. The summed E-state index contributed by atoms with van der Waals surface area (Å²) in [7, 11) is -3.22. The number of benzene rings is 1. The van der Waals surface area contributed by atoms with E-state index in [2.05, 4.69) is 15.0 Å². The van der Waals surface area contributed by atoms with Gasteiger partial charge in [0.25, 0.3) is 0 Å². The highest BCUT2D eigenvalue weighted by molar-refractivity contribution is 7.90. The highest BCUT2D eigenvalue weighted by atomic mass is 32.2. The Bertz CT molecular complexity index is 1180. The van der Waals surface area contributed by atoms with Gasteiger partial charge in [-0.2, -0.15) is 4.98 Å². The topological polar surface area (TPSA) is 117 Å². The number of imidazole rings is 1. The number of fused-ring (bicyclic) bond motifs is 1. The van der Waals surface area contributed by atoms with Crippen molar-refractivity contribution in [1.29, 1.82) is 0 Å². The molecule has 0 amide bonds. The minimum Gasteiger partial charge on any atom is -0.463 e. The zero-order chi connectivity index (χ0) is 18.3. The van der Waals surface area contributed by atoms with Crippen LogP contribution in [0.2, 0.25) is 0 Å². The molecule has 26 heavy (non-hydrogen) atoms. The number of rotatable bonds is 4. The van der Waals surface area contributed by atoms with Gasteiger partial charge < -0.3 is 14.7 Å². The van der Waals surface area contributed by atoms with E-state index in [0.29, 0.717) is 29.2 Å². The molecule has 132 valence electrons. The van der Waals surface area contributed by atoms with E-state index in [0.717, 1.165) is 5.56 Å². The van der Waals surface area contributed by atoms with E-state index in [-0.39, 0.29) is 10.8 Å². The van der Waals surface area contributed by atoms with Crippen LogP contribution in [-0.4, -0.2) is 34.2 Å². The van der Waals surface area contributed by atoms with E-state index in [9.17, 15) is 8.42 Å². The lowest BCUT2D eigenvalue weighted by Crippen LogP contribution is -2.03. The second kappa shape index (κ2) is 5.95. The van der Waals surface area contributed by atoms with Gasteiger partial charge in [0.05, 0.1) is 24.0 Å². The van der Waals surface area contributed by atoms with E-state index >= 15 is 0 Å². The van der Waals surface area contributed by atoms with Gasteiger partial charge in [0.2, 0.25) is 5.95 Å². The van der Waals surface area contributed by atoms with E-state index in [1.165, 1.54) is 6.26 Å². The molecule has 0 aliphatic carbocycles. The Balaban J connectivity index is 1.74. The summed E-state index contributed by atoms with van der Waals surface area (Å²) in [4.78, 5) is 13.2. The molecule has 1 aromatic carbocycles. The predicted octanol–water partition coefficient (Wildman–Crippen LogP) is 2.12. The van der Waals surface area contributed by atoms with Gasteiger partial charge in [-0.25, -0.2) is 18.4 Å². The summed E-state index contributed by atoms with van der Waals surface area (Å²) in [6.45, 7) is 0.467. The van der Waals surface area contributed by atoms with Crippen molar-refractivity contribution in [2.24, 2.45) is 0 Å². The maximum Gasteiger partial charge on any atom is 0.222 e. The third kappa shape index (κ3) is 2.93. The standard InChI is InChI=1S/C17H15N5O3S/c1-26(23,24)12-6-4-11(5-7-12)9-22-10-19-15-14(13-3-2-8-25-13)20-17(18)21-16(15)22/h2-8,10H,9H2,1H3,(H2,18,20,21). The molecule has 8 nitrogen and oxygen atoms in total. The minimum absolute atomic E-state index is 0.123. The molecule has 4 aromatic rings. The Morgan fingerprint density at radius 2 is 1.92 bits per heavy atom. The molecule has 0 aliphatic heterocycles. The van der Waals surface area contributed by atoms with Crippen LogP contribution in [0.4, 0.5) is 5.95 Å². The summed E-state index contributed by atoms with van der Waals surface area (Å²) in [5.41, 5.74) is 8.45. The van der Waals surface area contributed by atoms with E-state index in [4.69, 9.17) is 10.2 Å². The SMILES string of the molecule is CS(=O)(=O)c1ccc(Cn2cnc3c(-c4ccco4)nc(N)nc32)cc1. The molecule has 0 aliphatic rings. The number of nitrogens with zero attached hydrogens (tertiary/aromatic N) is 4. The summed E-state index contributed by atoms with van der Waals surface area (Å²) in [5.74, 6) is 0.685. The molecule has 0 unspecified atom stereocenters. The third-order valence-electron chi connectivity index (χ3n) is 3.94. The van der Waals surface area contributed by atoms with Crippen LogP contribution in [0.1, 0.15) is 5.56 Å². The Labute approximate surface area is 149 Å². The van der Waals surface area contributed by atoms with Gasteiger partial charge in [-0.1, -0.05) is 12.1 Å². The number of furan rings is 1. The van der Waals surface area contributed by atoms with E-state index in [1.54, 1.807) is 49.0 Å². The van der Waals surface area contributed by atoms with Crippen LogP contribution in [0.3, 0.4) is 0 Å². The van der Waals surface area contributed by atoms with Gasteiger partial charge >= 0.3 is 0 Å². The van der Waals surface area contributed by atoms with Crippen LogP contribution < -0.4 is 5.73 Å². The first-order valence-corrected chi connectivity index (χ1v) is 9.62. The van der Waals surface area contributed by atoms with Crippen molar-refractivity contribution in [3.05, 3.63) is 54.6 Å². The van der Waals surface area contributed by atoms with E-state index in [1.807, 2.05) is 4.57 Å². The zero-order valence-corrected chi connectivity index (χ0v) is 14.6.